The molecule has 1 saturated heterocycles. The lowest BCUT2D eigenvalue weighted by Gasteiger charge is -2.64. The van der Waals surface area contributed by atoms with E-state index in [-0.39, 0.29) is 74.2 Å². The molecule has 10 nitrogen and oxygen atoms in total. The first kappa shape index (κ1) is 28.4. The fourth-order valence-corrected chi connectivity index (χ4v) is 8.79. The first-order chi connectivity index (χ1) is 19.1. The molecule has 4 bridgehead atoms. The van der Waals surface area contributed by atoms with Gasteiger partial charge < -0.3 is 34.3 Å². The Morgan fingerprint density at radius 1 is 0.700 bits per heavy atom. The van der Waals surface area contributed by atoms with Gasteiger partial charge >= 0.3 is 17.9 Å². The minimum absolute atomic E-state index is 0.000262. The van der Waals surface area contributed by atoms with Crippen molar-refractivity contribution in [2.75, 3.05) is 26.4 Å². The Morgan fingerprint density at radius 2 is 1.15 bits per heavy atom. The monoisotopic (exact) mass is 564 g/mol. The molecular formula is C30H44O10. The average molecular weight is 565 g/mol. The van der Waals surface area contributed by atoms with Crippen LogP contribution in [-0.2, 0) is 33.3 Å². The number of carboxylic acid groups (broad SMARTS) is 1. The van der Waals surface area contributed by atoms with Crippen LogP contribution in [-0.4, -0.2) is 77.7 Å². The third-order valence-electron chi connectivity index (χ3n) is 11.1. The normalized spacial score (nSPS) is 46.2. The predicted octanol–water partition coefficient (Wildman–Crippen LogP) is 2.82. The molecule has 10 heteroatoms. The van der Waals surface area contributed by atoms with Gasteiger partial charge in [0, 0.05) is 11.8 Å². The summed E-state index contributed by atoms with van der Waals surface area (Å²) < 4.78 is 24.8. The fourth-order valence-electron chi connectivity index (χ4n) is 8.79. The average Bonchev–Trinajstić information content (AvgIpc) is 2.94. The number of hydrogen-bond donors (Lipinski definition) is 3. The molecule has 6 aliphatic carbocycles. The molecule has 7 rings (SSSR count). The van der Waals surface area contributed by atoms with Crippen LogP contribution in [0.4, 0.5) is 0 Å². The second-order valence-electron chi connectivity index (χ2n) is 14.0. The maximum absolute atomic E-state index is 12.9. The molecule has 0 aromatic heterocycles. The molecule has 40 heavy (non-hydrogen) atoms. The highest BCUT2D eigenvalue weighted by molar-refractivity contribution is 5.75. The molecule has 7 fully saturated rings. The van der Waals surface area contributed by atoms with E-state index in [9.17, 15) is 29.7 Å². The van der Waals surface area contributed by atoms with Crippen LogP contribution in [0, 0.1) is 40.4 Å². The molecule has 0 radical (unpaired) electrons. The number of carbonyl (C=O) groups excluding carboxylic acids is 2. The first-order valence-corrected chi connectivity index (χ1v) is 15.3. The minimum atomic E-state index is -0.863. The zero-order valence-corrected chi connectivity index (χ0v) is 23.3. The maximum Gasteiger partial charge on any atom is 0.309 e. The summed E-state index contributed by atoms with van der Waals surface area (Å²) in [7, 11) is 0. The number of aliphatic hydroxyl groups excluding tert-OH is 2. The molecule has 3 N–H and O–H groups in total. The van der Waals surface area contributed by atoms with E-state index in [1.165, 1.54) is 0 Å². The van der Waals surface area contributed by atoms with Crippen molar-refractivity contribution in [3.63, 3.8) is 0 Å². The Bertz CT molecular complexity index is 913. The Kier molecular flexibility index (Phi) is 7.68. The van der Waals surface area contributed by atoms with Crippen LogP contribution >= 0.6 is 0 Å². The quantitative estimate of drug-likeness (QED) is 0.394. The van der Waals surface area contributed by atoms with Crippen LogP contribution in [0.3, 0.4) is 0 Å². The number of aliphatic carboxylic acids is 1. The fraction of sp³-hybridized carbons (Fsp3) is 0.900. The van der Waals surface area contributed by atoms with E-state index < -0.39 is 22.6 Å². The molecule has 1 aliphatic heterocycles. The van der Waals surface area contributed by atoms with E-state index in [0.29, 0.717) is 70.1 Å². The number of esters is 2. The van der Waals surface area contributed by atoms with Gasteiger partial charge in [-0.15, -0.1) is 0 Å². The summed E-state index contributed by atoms with van der Waals surface area (Å²) in [4.78, 5) is 38.1. The summed E-state index contributed by atoms with van der Waals surface area (Å²) in [5.74, 6) is -2.31. The van der Waals surface area contributed by atoms with Crippen molar-refractivity contribution in [2.24, 2.45) is 40.4 Å². The van der Waals surface area contributed by atoms with Crippen molar-refractivity contribution >= 4 is 17.9 Å². The Balaban J connectivity index is 1.13. The summed E-state index contributed by atoms with van der Waals surface area (Å²) in [6.07, 6.45) is 7.53. The minimum Gasteiger partial charge on any atom is -0.481 e. The molecule has 0 aromatic carbocycles. The summed E-state index contributed by atoms with van der Waals surface area (Å²) in [6.45, 7) is 0.374. The molecule has 2 atom stereocenters. The number of hydrogen-bond acceptors (Lipinski definition) is 9. The molecule has 7 aliphatic rings. The van der Waals surface area contributed by atoms with E-state index >= 15 is 0 Å². The SMILES string of the molecule is O=C(OCC1(COC(=O)C2CCC(O)CC2)COC2(OC1)C1CC3CC2CC(C(=O)O)(C3)C1)C1CCC(O)CC1. The Morgan fingerprint density at radius 3 is 1.57 bits per heavy atom. The predicted molar refractivity (Wildman–Crippen MR) is 139 cm³/mol. The highest BCUT2D eigenvalue weighted by Gasteiger charge is 2.68. The van der Waals surface area contributed by atoms with Gasteiger partial charge in [-0.05, 0) is 89.4 Å². The van der Waals surface area contributed by atoms with Gasteiger partial charge in [0.25, 0.3) is 0 Å². The molecular weight excluding hydrogens is 520 g/mol. The van der Waals surface area contributed by atoms with Gasteiger partial charge in [0.2, 0.25) is 0 Å². The Hall–Kier alpha value is -1.75. The van der Waals surface area contributed by atoms with Gasteiger partial charge in [0.05, 0.1) is 48.1 Å². The zero-order chi connectivity index (χ0) is 28.1. The number of ether oxygens (including phenoxy) is 4. The van der Waals surface area contributed by atoms with Crippen LogP contribution in [0.5, 0.6) is 0 Å². The van der Waals surface area contributed by atoms with Crippen LogP contribution in [0.2, 0.25) is 0 Å². The molecule has 1 spiro atoms. The van der Waals surface area contributed by atoms with Crippen molar-refractivity contribution < 1.29 is 48.7 Å². The van der Waals surface area contributed by atoms with Crippen LogP contribution in [0.15, 0.2) is 0 Å². The highest BCUT2D eigenvalue weighted by atomic mass is 16.7. The summed E-state index contributed by atoms with van der Waals surface area (Å²) in [5.41, 5.74) is -1.55. The van der Waals surface area contributed by atoms with Crippen molar-refractivity contribution in [2.45, 2.75) is 101 Å². The third kappa shape index (κ3) is 5.18. The lowest BCUT2D eigenvalue weighted by molar-refractivity contribution is -0.390. The topological polar surface area (TPSA) is 149 Å². The Labute approximate surface area is 235 Å². The van der Waals surface area contributed by atoms with Gasteiger partial charge in [0.1, 0.15) is 13.2 Å². The third-order valence-corrected chi connectivity index (χ3v) is 11.1. The lowest BCUT2D eigenvalue weighted by atomic mass is 9.47. The smallest absolute Gasteiger partial charge is 0.309 e. The molecule has 1 heterocycles. The van der Waals surface area contributed by atoms with Gasteiger partial charge in [0.15, 0.2) is 5.79 Å². The first-order valence-electron chi connectivity index (χ1n) is 15.3. The van der Waals surface area contributed by atoms with Crippen LogP contribution in [0.1, 0.15) is 83.5 Å². The van der Waals surface area contributed by atoms with Crippen LogP contribution in [0.25, 0.3) is 0 Å². The summed E-state index contributed by atoms with van der Waals surface area (Å²) in [6, 6.07) is 0. The van der Waals surface area contributed by atoms with E-state index in [1.54, 1.807) is 0 Å². The van der Waals surface area contributed by atoms with Crippen molar-refractivity contribution in [3.05, 3.63) is 0 Å². The zero-order valence-electron chi connectivity index (χ0n) is 23.3. The second kappa shape index (κ2) is 10.8. The molecule has 2 unspecified atom stereocenters. The summed E-state index contributed by atoms with van der Waals surface area (Å²) in [5, 5.41) is 29.6. The van der Waals surface area contributed by atoms with Gasteiger partial charge in [-0.1, -0.05) is 0 Å². The maximum atomic E-state index is 12.9. The van der Waals surface area contributed by atoms with Crippen molar-refractivity contribution in [3.8, 4) is 0 Å². The molecule has 0 aromatic rings. The molecule has 6 saturated carbocycles. The second-order valence-corrected chi connectivity index (χ2v) is 14.0. The van der Waals surface area contributed by atoms with Crippen LogP contribution < -0.4 is 0 Å². The van der Waals surface area contributed by atoms with Crippen molar-refractivity contribution in [1.82, 2.24) is 0 Å². The molecule has 0 amide bonds. The summed E-state index contributed by atoms with van der Waals surface area (Å²) >= 11 is 0. The van der Waals surface area contributed by atoms with Crippen molar-refractivity contribution in [1.29, 1.82) is 0 Å². The van der Waals surface area contributed by atoms with Gasteiger partial charge in [-0.25, -0.2) is 0 Å². The number of rotatable bonds is 7. The lowest BCUT2D eigenvalue weighted by Crippen LogP contribution is -2.68. The van der Waals surface area contributed by atoms with E-state index in [1.807, 2.05) is 0 Å². The number of carboxylic acids is 1. The molecule has 224 valence electrons. The van der Waals surface area contributed by atoms with E-state index in [4.69, 9.17) is 18.9 Å². The van der Waals surface area contributed by atoms with Gasteiger partial charge in [-0.3, -0.25) is 14.4 Å². The number of carbonyl (C=O) groups is 3. The van der Waals surface area contributed by atoms with E-state index in [2.05, 4.69) is 0 Å². The highest BCUT2D eigenvalue weighted by Crippen LogP contribution is 2.66. The van der Waals surface area contributed by atoms with Gasteiger partial charge in [-0.2, -0.15) is 0 Å². The van der Waals surface area contributed by atoms with E-state index in [0.717, 1.165) is 19.3 Å². The largest absolute Gasteiger partial charge is 0.481 e. The number of aliphatic hydroxyl groups is 2. The standard InChI is InChI=1S/C30H44O10/c31-23-5-1-19(2-6-23)25(33)37-14-28(15-38-26(34)20-3-7-24(32)8-4-20)16-39-30(40-17-28)21-9-18-10-22(30)13-29(11-18,12-21)27(35)36/h18-24,31-32H,1-17H2,(H,35,36).